The van der Waals surface area contributed by atoms with Gasteiger partial charge in [0, 0.05) is 12.3 Å². The van der Waals surface area contributed by atoms with Gasteiger partial charge in [0.1, 0.15) is 11.8 Å². The fourth-order valence-electron chi connectivity index (χ4n) is 1.89. The van der Waals surface area contributed by atoms with Crippen molar-refractivity contribution in [3.8, 4) is 5.75 Å². The van der Waals surface area contributed by atoms with Gasteiger partial charge >= 0.3 is 0 Å². The van der Waals surface area contributed by atoms with E-state index in [0.717, 1.165) is 0 Å². The van der Waals surface area contributed by atoms with Crippen LogP contribution in [-0.4, -0.2) is 17.6 Å². The van der Waals surface area contributed by atoms with Crippen LogP contribution in [0.15, 0.2) is 47.4 Å². The Bertz CT molecular complexity index is 712. The van der Waals surface area contributed by atoms with Crippen LogP contribution in [0.25, 0.3) is 0 Å². The van der Waals surface area contributed by atoms with Crippen molar-refractivity contribution in [2.24, 2.45) is 0 Å². The Hall–Kier alpha value is -2.27. The molecule has 0 aliphatic carbocycles. The zero-order chi connectivity index (χ0) is 15.4. The Morgan fingerprint density at radius 1 is 1.29 bits per heavy atom. The Balaban J connectivity index is 2.24. The third-order valence-corrected chi connectivity index (χ3v) is 3.29. The summed E-state index contributed by atoms with van der Waals surface area (Å²) in [6.45, 7) is 1.63. The van der Waals surface area contributed by atoms with Crippen molar-refractivity contribution in [2.45, 2.75) is 13.0 Å². The van der Waals surface area contributed by atoms with Gasteiger partial charge in [0.15, 0.2) is 0 Å². The zero-order valence-electron chi connectivity index (χ0n) is 11.7. The van der Waals surface area contributed by atoms with E-state index in [0.29, 0.717) is 16.5 Å². The Labute approximate surface area is 127 Å². The molecular formula is C15H15ClN2O3. The molecule has 0 saturated carbocycles. The quantitative estimate of drug-likeness (QED) is 0.945. The van der Waals surface area contributed by atoms with E-state index < -0.39 is 6.04 Å². The van der Waals surface area contributed by atoms with Gasteiger partial charge in [-0.2, -0.15) is 0 Å². The monoisotopic (exact) mass is 306 g/mol. The first-order valence-electron chi connectivity index (χ1n) is 6.34. The molecule has 0 bridgehead atoms. The molecule has 0 aliphatic heterocycles. The molecule has 0 fully saturated rings. The number of pyridine rings is 1. The molecule has 0 saturated heterocycles. The summed E-state index contributed by atoms with van der Waals surface area (Å²) in [5.41, 5.74) is 0.258. The van der Waals surface area contributed by atoms with Crippen molar-refractivity contribution in [1.29, 1.82) is 0 Å². The predicted molar refractivity (Wildman–Crippen MR) is 82.0 cm³/mol. The van der Waals surface area contributed by atoms with Crippen LogP contribution < -0.4 is 15.6 Å². The highest BCUT2D eigenvalue weighted by atomic mass is 35.5. The fourth-order valence-corrected chi connectivity index (χ4v) is 2.06. The van der Waals surface area contributed by atoms with Gasteiger partial charge in [-0.3, -0.25) is 9.59 Å². The van der Waals surface area contributed by atoms with Gasteiger partial charge in [0.2, 0.25) is 5.91 Å². The van der Waals surface area contributed by atoms with Crippen LogP contribution in [-0.2, 0) is 4.79 Å². The molecule has 1 unspecified atom stereocenters. The number of methoxy groups -OCH3 is 1. The molecule has 1 aromatic heterocycles. The molecule has 2 rings (SSSR count). The van der Waals surface area contributed by atoms with Crippen LogP contribution in [0.2, 0.25) is 5.02 Å². The minimum Gasteiger partial charge on any atom is -0.495 e. The molecule has 1 amide bonds. The van der Waals surface area contributed by atoms with Crippen molar-refractivity contribution in [3.05, 3.63) is 58.0 Å². The number of benzene rings is 1. The lowest BCUT2D eigenvalue weighted by atomic mass is 10.2. The number of hydrogen-bond acceptors (Lipinski definition) is 3. The van der Waals surface area contributed by atoms with E-state index in [9.17, 15) is 9.59 Å². The number of carbonyl (C=O) groups excluding carboxylic acids is 1. The summed E-state index contributed by atoms with van der Waals surface area (Å²) < 4.78 is 6.45. The zero-order valence-corrected chi connectivity index (χ0v) is 12.4. The molecule has 1 N–H and O–H groups in total. The lowest BCUT2D eigenvalue weighted by Crippen LogP contribution is -2.30. The molecular weight excluding hydrogens is 292 g/mol. The van der Waals surface area contributed by atoms with Gasteiger partial charge in [-0.1, -0.05) is 23.7 Å². The minimum absolute atomic E-state index is 0.290. The Kier molecular flexibility index (Phi) is 4.65. The lowest BCUT2D eigenvalue weighted by Gasteiger charge is -2.16. The molecule has 21 heavy (non-hydrogen) atoms. The molecule has 0 aliphatic rings. The number of hydrogen-bond donors (Lipinski definition) is 1. The average molecular weight is 307 g/mol. The first kappa shape index (κ1) is 15.1. The number of ether oxygens (including phenoxy) is 1. The first-order chi connectivity index (χ1) is 10.0. The highest BCUT2D eigenvalue weighted by Gasteiger charge is 2.17. The number of rotatable bonds is 4. The van der Waals surface area contributed by atoms with Crippen LogP contribution in [0.4, 0.5) is 5.69 Å². The maximum atomic E-state index is 12.3. The standard InChI is InChI=1S/C15H15ClN2O3/c1-10(18-9-11(16)7-8-14(18)19)15(20)17-12-5-3-4-6-13(12)21-2/h3-10H,1-2H3,(H,17,20). The smallest absolute Gasteiger partial charge is 0.251 e. The average Bonchev–Trinajstić information content (AvgIpc) is 2.49. The number of nitrogens with one attached hydrogen (secondary N) is 1. The van der Waals surface area contributed by atoms with E-state index in [2.05, 4.69) is 5.32 Å². The molecule has 0 spiro atoms. The van der Waals surface area contributed by atoms with Gasteiger partial charge in [-0.05, 0) is 25.1 Å². The maximum Gasteiger partial charge on any atom is 0.251 e. The number of halogens is 1. The van der Waals surface area contributed by atoms with Crippen LogP contribution in [0.3, 0.4) is 0 Å². The summed E-state index contributed by atoms with van der Waals surface area (Å²) in [5, 5.41) is 3.13. The van der Waals surface area contributed by atoms with Gasteiger partial charge in [-0.25, -0.2) is 0 Å². The minimum atomic E-state index is -0.693. The number of anilines is 1. The topological polar surface area (TPSA) is 60.3 Å². The van der Waals surface area contributed by atoms with E-state index in [4.69, 9.17) is 16.3 Å². The van der Waals surface area contributed by atoms with E-state index >= 15 is 0 Å². The van der Waals surface area contributed by atoms with Crippen molar-refractivity contribution in [1.82, 2.24) is 4.57 Å². The SMILES string of the molecule is COc1ccccc1NC(=O)C(C)n1cc(Cl)ccc1=O. The van der Waals surface area contributed by atoms with Crippen molar-refractivity contribution in [3.63, 3.8) is 0 Å². The molecule has 110 valence electrons. The molecule has 6 heteroatoms. The van der Waals surface area contributed by atoms with E-state index in [1.54, 1.807) is 31.2 Å². The Morgan fingerprint density at radius 3 is 2.71 bits per heavy atom. The van der Waals surface area contributed by atoms with Gasteiger partial charge in [0.05, 0.1) is 17.8 Å². The van der Waals surface area contributed by atoms with Gasteiger partial charge in [0.25, 0.3) is 5.56 Å². The number of amides is 1. The molecule has 2 aromatic rings. The number of nitrogens with zero attached hydrogens (tertiary/aromatic N) is 1. The predicted octanol–water partition coefficient (Wildman–Crippen LogP) is 2.71. The van der Waals surface area contributed by atoms with Crippen LogP contribution in [0, 0.1) is 0 Å². The maximum absolute atomic E-state index is 12.3. The molecule has 0 radical (unpaired) electrons. The Morgan fingerprint density at radius 2 is 2.00 bits per heavy atom. The molecule has 1 aromatic carbocycles. The summed E-state index contributed by atoms with van der Waals surface area (Å²) >= 11 is 5.86. The van der Waals surface area contributed by atoms with E-state index in [1.807, 2.05) is 0 Å². The number of carbonyl (C=O) groups is 1. The summed E-state index contributed by atoms with van der Waals surface area (Å²) in [6.07, 6.45) is 1.44. The second-order valence-corrected chi connectivity index (χ2v) is 4.89. The van der Waals surface area contributed by atoms with E-state index in [-0.39, 0.29) is 11.5 Å². The summed E-state index contributed by atoms with van der Waals surface area (Å²) in [5.74, 6) is 0.223. The largest absolute Gasteiger partial charge is 0.495 e. The van der Waals surface area contributed by atoms with Crippen molar-refractivity contribution >= 4 is 23.2 Å². The second-order valence-electron chi connectivity index (χ2n) is 4.46. The molecule has 5 nitrogen and oxygen atoms in total. The summed E-state index contributed by atoms with van der Waals surface area (Å²) in [7, 11) is 1.52. The van der Waals surface area contributed by atoms with Crippen molar-refractivity contribution in [2.75, 3.05) is 12.4 Å². The van der Waals surface area contributed by atoms with Crippen LogP contribution >= 0.6 is 11.6 Å². The first-order valence-corrected chi connectivity index (χ1v) is 6.72. The van der Waals surface area contributed by atoms with Crippen LogP contribution in [0.5, 0.6) is 5.75 Å². The highest BCUT2D eigenvalue weighted by molar-refractivity contribution is 6.30. The third-order valence-electron chi connectivity index (χ3n) is 3.06. The number of para-hydroxylation sites is 2. The van der Waals surface area contributed by atoms with Gasteiger partial charge < -0.3 is 14.6 Å². The third kappa shape index (κ3) is 3.44. The highest BCUT2D eigenvalue weighted by Crippen LogP contribution is 2.24. The normalized spacial score (nSPS) is 11.8. The van der Waals surface area contributed by atoms with Crippen molar-refractivity contribution < 1.29 is 9.53 Å². The molecule has 1 atom stereocenters. The lowest BCUT2D eigenvalue weighted by molar-refractivity contribution is -0.118. The van der Waals surface area contributed by atoms with Gasteiger partial charge in [-0.15, -0.1) is 0 Å². The van der Waals surface area contributed by atoms with Crippen LogP contribution in [0.1, 0.15) is 13.0 Å². The second kappa shape index (κ2) is 6.45. The molecule has 1 heterocycles. The van der Waals surface area contributed by atoms with E-state index in [1.165, 1.54) is 30.0 Å². The summed E-state index contributed by atoms with van der Waals surface area (Å²) in [4.78, 5) is 24.1. The summed E-state index contributed by atoms with van der Waals surface area (Å²) in [6, 6.07) is 9.19. The fraction of sp³-hybridized carbons (Fsp3) is 0.200. The number of aromatic nitrogens is 1.